The Morgan fingerprint density at radius 3 is 2.29 bits per heavy atom. The minimum atomic E-state index is -0.298. The molecule has 1 aromatic heterocycles. The van der Waals surface area contributed by atoms with Gasteiger partial charge in [-0.05, 0) is 30.4 Å². The third-order valence-corrected chi connectivity index (χ3v) is 6.94. The first kappa shape index (κ1) is 21.6. The van der Waals surface area contributed by atoms with Gasteiger partial charge in [-0.3, -0.25) is 9.89 Å². The van der Waals surface area contributed by atoms with Gasteiger partial charge in [0.25, 0.3) is 0 Å². The molecule has 0 radical (unpaired) electrons. The number of amides is 1. The highest BCUT2D eigenvalue weighted by Crippen LogP contribution is 2.29. The van der Waals surface area contributed by atoms with Crippen LogP contribution in [0.5, 0.6) is 0 Å². The van der Waals surface area contributed by atoms with E-state index >= 15 is 0 Å². The third-order valence-electron chi connectivity index (χ3n) is 5.98. The fourth-order valence-corrected chi connectivity index (χ4v) is 4.96. The Hall–Kier alpha value is -2.60. The molecule has 1 heterocycles. The Morgan fingerprint density at radius 2 is 1.68 bits per heavy atom. The van der Waals surface area contributed by atoms with E-state index in [0.29, 0.717) is 5.16 Å². The Balaban J connectivity index is 1.36. The molecule has 0 saturated heterocycles. The molecular weight excluding hydrogens is 404 g/mol. The Labute approximate surface area is 188 Å². The summed E-state index contributed by atoms with van der Waals surface area (Å²) in [4.78, 5) is 17.6. The zero-order valence-corrected chi connectivity index (χ0v) is 18.8. The number of rotatable bonds is 9. The van der Waals surface area contributed by atoms with Crippen LogP contribution in [0, 0.1) is 5.92 Å². The molecule has 162 valence electrons. The summed E-state index contributed by atoms with van der Waals surface area (Å²) in [5.74, 6) is 1.73. The van der Waals surface area contributed by atoms with Gasteiger partial charge in [0.15, 0.2) is 0 Å². The second kappa shape index (κ2) is 10.6. The number of aromatic nitrogens is 3. The molecule has 0 spiro atoms. The number of benzene rings is 2. The first-order chi connectivity index (χ1) is 15.2. The number of nitrogens with zero attached hydrogens (tertiary/aromatic N) is 2. The Kier molecular flexibility index (Phi) is 7.41. The molecule has 6 heteroatoms. The van der Waals surface area contributed by atoms with Crippen LogP contribution in [0.25, 0.3) is 0 Å². The molecule has 5 nitrogen and oxygen atoms in total. The van der Waals surface area contributed by atoms with E-state index in [1.807, 2.05) is 67.6 Å². The summed E-state index contributed by atoms with van der Waals surface area (Å²) < 4.78 is 0. The molecule has 1 aliphatic rings. The predicted molar refractivity (Wildman–Crippen MR) is 125 cm³/mol. The van der Waals surface area contributed by atoms with Gasteiger partial charge in [0.2, 0.25) is 11.1 Å². The molecule has 31 heavy (non-hydrogen) atoms. The molecule has 2 aromatic carbocycles. The van der Waals surface area contributed by atoms with Crippen molar-refractivity contribution in [3.05, 3.63) is 77.6 Å². The Morgan fingerprint density at radius 1 is 1.06 bits per heavy atom. The van der Waals surface area contributed by atoms with E-state index in [9.17, 15) is 4.79 Å². The number of thioether (sulfide) groups is 1. The maximum Gasteiger partial charge on any atom is 0.234 e. The molecule has 2 N–H and O–H groups in total. The fourth-order valence-electron chi connectivity index (χ4n) is 4.20. The highest BCUT2D eigenvalue weighted by atomic mass is 32.2. The van der Waals surface area contributed by atoms with E-state index in [1.165, 1.54) is 43.9 Å². The van der Waals surface area contributed by atoms with Crippen molar-refractivity contribution in [3.63, 3.8) is 0 Å². The lowest BCUT2D eigenvalue weighted by Crippen LogP contribution is -2.35. The molecule has 0 aliphatic heterocycles. The van der Waals surface area contributed by atoms with E-state index < -0.39 is 0 Å². The number of carbonyl (C=O) groups excluding carboxylic acids is 1. The Bertz CT molecular complexity index is 914. The average molecular weight is 435 g/mol. The van der Waals surface area contributed by atoms with E-state index in [1.54, 1.807) is 0 Å². The minimum Gasteiger partial charge on any atom is -0.344 e. The van der Waals surface area contributed by atoms with E-state index in [-0.39, 0.29) is 17.2 Å². The number of hydrogen-bond acceptors (Lipinski definition) is 4. The number of hydrogen-bond donors (Lipinski definition) is 2. The van der Waals surface area contributed by atoms with Crippen LogP contribution in [-0.2, 0) is 11.2 Å². The van der Waals surface area contributed by atoms with Gasteiger partial charge >= 0.3 is 0 Å². The number of aryl methyl sites for hydroxylation is 1. The SMILES string of the molecule is CC(Sc1n[nH]c(CCC2CCCC2)n1)C(=O)NC(c1ccccc1)c1ccccc1. The molecule has 1 fully saturated rings. The van der Waals surface area contributed by atoms with Crippen LogP contribution >= 0.6 is 11.8 Å². The summed E-state index contributed by atoms with van der Waals surface area (Å²) in [5.41, 5.74) is 2.12. The fraction of sp³-hybridized carbons (Fsp3) is 0.400. The summed E-state index contributed by atoms with van der Waals surface area (Å²) in [6.45, 7) is 1.90. The first-order valence-corrected chi connectivity index (χ1v) is 12.0. The van der Waals surface area contributed by atoms with Crippen molar-refractivity contribution in [2.75, 3.05) is 0 Å². The first-order valence-electron chi connectivity index (χ1n) is 11.2. The van der Waals surface area contributed by atoms with Crippen LogP contribution in [0.4, 0.5) is 0 Å². The highest BCUT2D eigenvalue weighted by Gasteiger charge is 2.23. The highest BCUT2D eigenvalue weighted by molar-refractivity contribution is 8.00. The predicted octanol–water partition coefficient (Wildman–Crippen LogP) is 5.31. The zero-order valence-electron chi connectivity index (χ0n) is 18.0. The number of nitrogens with one attached hydrogen (secondary N) is 2. The standard InChI is InChI=1S/C25H30N4OS/c1-18(31-25-26-22(28-29-25)17-16-19-10-8-9-11-19)24(30)27-23(20-12-4-2-5-13-20)21-14-6-3-7-15-21/h2-7,12-15,18-19,23H,8-11,16-17H2,1H3,(H,27,30)(H,26,28,29). The van der Waals surface area contributed by atoms with Crippen LogP contribution in [0.3, 0.4) is 0 Å². The molecule has 3 aromatic rings. The van der Waals surface area contributed by atoms with Crippen molar-refractivity contribution in [1.82, 2.24) is 20.5 Å². The summed E-state index contributed by atoms with van der Waals surface area (Å²) in [6, 6.07) is 19.9. The van der Waals surface area contributed by atoms with Gasteiger partial charge in [-0.15, -0.1) is 5.10 Å². The molecule has 1 atom stereocenters. The lowest BCUT2D eigenvalue weighted by atomic mass is 9.98. The van der Waals surface area contributed by atoms with E-state index in [2.05, 4.69) is 20.5 Å². The number of H-pyrrole nitrogens is 1. The smallest absolute Gasteiger partial charge is 0.234 e. The molecule has 1 aliphatic carbocycles. The van der Waals surface area contributed by atoms with E-state index in [4.69, 9.17) is 0 Å². The maximum atomic E-state index is 13.0. The van der Waals surface area contributed by atoms with Gasteiger partial charge in [0, 0.05) is 6.42 Å². The topological polar surface area (TPSA) is 70.7 Å². The van der Waals surface area contributed by atoms with Crippen molar-refractivity contribution < 1.29 is 4.79 Å². The molecule has 1 amide bonds. The lowest BCUT2D eigenvalue weighted by molar-refractivity contribution is -0.120. The lowest BCUT2D eigenvalue weighted by Gasteiger charge is -2.21. The number of aromatic amines is 1. The summed E-state index contributed by atoms with van der Waals surface area (Å²) >= 11 is 1.40. The molecule has 0 bridgehead atoms. The van der Waals surface area contributed by atoms with Gasteiger partial charge in [0.1, 0.15) is 5.82 Å². The van der Waals surface area contributed by atoms with Crippen molar-refractivity contribution >= 4 is 17.7 Å². The maximum absolute atomic E-state index is 13.0. The van der Waals surface area contributed by atoms with Crippen molar-refractivity contribution in [2.24, 2.45) is 5.92 Å². The largest absolute Gasteiger partial charge is 0.344 e. The second-order valence-corrected chi connectivity index (χ2v) is 9.58. The molecule has 4 rings (SSSR count). The van der Waals surface area contributed by atoms with Crippen LogP contribution < -0.4 is 5.32 Å². The molecule has 1 saturated carbocycles. The quantitative estimate of drug-likeness (QED) is 0.448. The summed E-state index contributed by atoms with van der Waals surface area (Å²) in [6.07, 6.45) is 7.52. The van der Waals surface area contributed by atoms with Gasteiger partial charge in [-0.1, -0.05) is 98.1 Å². The van der Waals surface area contributed by atoms with Crippen molar-refractivity contribution in [1.29, 1.82) is 0 Å². The molecular formula is C25H30N4OS. The second-order valence-electron chi connectivity index (χ2n) is 8.28. The van der Waals surface area contributed by atoms with Gasteiger partial charge in [-0.2, -0.15) is 0 Å². The van der Waals surface area contributed by atoms with Crippen LogP contribution in [-0.4, -0.2) is 26.3 Å². The minimum absolute atomic E-state index is 0.0278. The zero-order chi connectivity index (χ0) is 21.5. The number of carbonyl (C=O) groups is 1. The van der Waals surface area contributed by atoms with E-state index in [0.717, 1.165) is 29.3 Å². The van der Waals surface area contributed by atoms with Gasteiger partial charge < -0.3 is 5.32 Å². The van der Waals surface area contributed by atoms with Crippen LogP contribution in [0.15, 0.2) is 65.8 Å². The van der Waals surface area contributed by atoms with Gasteiger partial charge in [-0.25, -0.2) is 4.98 Å². The van der Waals surface area contributed by atoms with Crippen LogP contribution in [0.2, 0.25) is 0 Å². The summed E-state index contributed by atoms with van der Waals surface area (Å²) in [7, 11) is 0. The van der Waals surface area contributed by atoms with Crippen molar-refractivity contribution in [2.45, 2.75) is 61.9 Å². The third kappa shape index (κ3) is 5.97. The summed E-state index contributed by atoms with van der Waals surface area (Å²) in [5, 5.41) is 10.9. The average Bonchev–Trinajstić information content (AvgIpc) is 3.49. The molecule has 1 unspecified atom stereocenters. The van der Waals surface area contributed by atoms with Crippen LogP contribution in [0.1, 0.15) is 62.0 Å². The van der Waals surface area contributed by atoms with Crippen molar-refractivity contribution in [3.8, 4) is 0 Å². The monoisotopic (exact) mass is 434 g/mol. The van der Waals surface area contributed by atoms with Gasteiger partial charge in [0.05, 0.1) is 11.3 Å². The normalized spacial score (nSPS) is 15.3.